The fourth-order valence-electron chi connectivity index (χ4n) is 3.63. The van der Waals surface area contributed by atoms with Crippen LogP contribution in [0, 0.1) is 0 Å². The van der Waals surface area contributed by atoms with Crippen molar-refractivity contribution >= 4 is 56.8 Å². The van der Waals surface area contributed by atoms with Gasteiger partial charge in [-0.2, -0.15) is 0 Å². The maximum Gasteiger partial charge on any atom is 0.253 e. The van der Waals surface area contributed by atoms with Crippen LogP contribution in [0.25, 0.3) is 0 Å². The maximum atomic E-state index is 12.0. The van der Waals surface area contributed by atoms with Gasteiger partial charge in [0.2, 0.25) is 11.8 Å². The number of nitrogens with one attached hydrogen (secondary N) is 2. The summed E-state index contributed by atoms with van der Waals surface area (Å²) in [5.41, 5.74) is 0.878. The molecule has 40 heavy (non-hydrogen) atoms. The van der Waals surface area contributed by atoms with Gasteiger partial charge < -0.3 is 15.7 Å². The van der Waals surface area contributed by atoms with Crippen molar-refractivity contribution in [3.8, 4) is 0 Å². The number of nitrogens with zero attached hydrogens (tertiary/aromatic N) is 1. The summed E-state index contributed by atoms with van der Waals surface area (Å²) in [6, 6.07) is 7.71. The summed E-state index contributed by atoms with van der Waals surface area (Å²) < 4.78 is 0. The molecule has 218 valence electrons. The zero-order valence-electron chi connectivity index (χ0n) is 22.5. The monoisotopic (exact) mass is 591 g/mol. The summed E-state index contributed by atoms with van der Waals surface area (Å²) in [7, 11) is 3.36. The van der Waals surface area contributed by atoms with Crippen molar-refractivity contribution in [1.29, 1.82) is 0 Å². The summed E-state index contributed by atoms with van der Waals surface area (Å²) in [5.74, 6) is -0.717. The van der Waals surface area contributed by atoms with E-state index in [2.05, 4.69) is 10.6 Å². The van der Waals surface area contributed by atoms with Gasteiger partial charge in [-0.25, -0.2) is 0 Å². The second-order valence-electron chi connectivity index (χ2n) is 9.27. The molecule has 0 atom stereocenters. The molecule has 10 nitrogen and oxygen atoms in total. The van der Waals surface area contributed by atoms with Crippen molar-refractivity contribution in [2.75, 3.05) is 25.4 Å². The number of aliphatic hydroxyl groups excluding tert-OH is 1. The largest absolute Gasteiger partial charge is 0.392 e. The van der Waals surface area contributed by atoms with E-state index in [1.807, 2.05) is 24.3 Å². The third kappa shape index (κ3) is 13.9. The number of amides is 4. The number of aliphatic hydroxyl groups is 1. The van der Waals surface area contributed by atoms with Crippen LogP contribution in [0.5, 0.6) is 0 Å². The Morgan fingerprint density at radius 1 is 0.725 bits per heavy atom. The van der Waals surface area contributed by atoms with Gasteiger partial charge >= 0.3 is 0 Å². The first-order valence-electron chi connectivity index (χ1n) is 13.4. The molecule has 0 fully saturated rings. The Labute approximate surface area is 242 Å². The molecule has 1 aromatic rings. The predicted molar refractivity (Wildman–Crippen MR) is 154 cm³/mol. The van der Waals surface area contributed by atoms with Crippen LogP contribution >= 0.6 is 21.6 Å². The molecule has 1 aliphatic rings. The lowest BCUT2D eigenvalue weighted by Crippen LogP contribution is -2.32. The van der Waals surface area contributed by atoms with E-state index in [9.17, 15) is 28.8 Å². The second-order valence-corrected chi connectivity index (χ2v) is 11.8. The van der Waals surface area contributed by atoms with Gasteiger partial charge in [0.1, 0.15) is 0 Å². The van der Waals surface area contributed by atoms with E-state index in [0.717, 1.165) is 34.0 Å². The highest BCUT2D eigenvalue weighted by molar-refractivity contribution is 8.76. The number of hydrogen-bond acceptors (Lipinski definition) is 9. The lowest BCUT2D eigenvalue weighted by molar-refractivity contribution is -0.137. The Morgan fingerprint density at radius 2 is 1.32 bits per heavy atom. The lowest BCUT2D eigenvalue weighted by atomic mass is 10.1. The van der Waals surface area contributed by atoms with E-state index < -0.39 is 0 Å². The Kier molecular flexibility index (Phi) is 15.9. The molecule has 0 aliphatic carbocycles. The molecule has 1 heterocycles. The average molecular weight is 592 g/mol. The molecule has 0 saturated carbocycles. The Hall–Kier alpha value is -2.96. The predicted octanol–water partition coefficient (Wildman–Crippen LogP) is 2.73. The van der Waals surface area contributed by atoms with Crippen LogP contribution in [0.15, 0.2) is 41.3 Å². The third-order valence-electron chi connectivity index (χ3n) is 5.98. The number of carbonyl (C=O) groups excluding carboxylic acids is 6. The molecule has 0 radical (unpaired) electrons. The van der Waals surface area contributed by atoms with Crippen molar-refractivity contribution in [2.24, 2.45) is 0 Å². The van der Waals surface area contributed by atoms with Gasteiger partial charge in [-0.3, -0.25) is 33.7 Å². The van der Waals surface area contributed by atoms with Crippen molar-refractivity contribution in [1.82, 2.24) is 15.5 Å². The number of carbonyl (C=O) groups is 6. The molecule has 1 aliphatic heterocycles. The normalized spacial score (nSPS) is 12.6. The topological polar surface area (TPSA) is 150 Å². The molecule has 0 unspecified atom stereocenters. The van der Waals surface area contributed by atoms with Crippen molar-refractivity contribution in [3.05, 3.63) is 42.0 Å². The van der Waals surface area contributed by atoms with E-state index in [-0.39, 0.29) is 74.2 Å². The minimum absolute atomic E-state index is 0.0240. The number of imide groups is 1. The molecule has 0 saturated heterocycles. The average Bonchev–Trinajstić information content (AvgIpc) is 3.28. The SMILES string of the molecule is O=C(CCC(=O)NCC(=O)CCCCSSc1ccc(CO)cc1)CNC(=O)CCCCCN1C(=O)C=CC1=O. The summed E-state index contributed by atoms with van der Waals surface area (Å²) in [5, 5.41) is 14.1. The van der Waals surface area contributed by atoms with Gasteiger partial charge in [-0.1, -0.05) is 40.1 Å². The van der Waals surface area contributed by atoms with Gasteiger partial charge in [0.15, 0.2) is 11.6 Å². The molecule has 4 amide bonds. The third-order valence-corrected chi connectivity index (χ3v) is 8.45. The fraction of sp³-hybridized carbons (Fsp3) is 0.500. The second kappa shape index (κ2) is 19.2. The highest BCUT2D eigenvalue weighted by Gasteiger charge is 2.22. The van der Waals surface area contributed by atoms with Crippen LogP contribution in [0.1, 0.15) is 63.4 Å². The molecule has 2 rings (SSSR count). The standard InChI is InChI=1S/C28H37N3O7S2/c32-20-21-8-11-24(12-9-21)40-39-17-5-3-6-22(33)18-30-26(36)13-10-23(34)19-29-25(35)7-2-1-4-16-31-27(37)14-15-28(31)38/h8-9,11-12,14-15,32H,1-7,10,13,16-20H2,(H,29,35)(H,30,36). The van der Waals surface area contributed by atoms with Crippen LogP contribution in [-0.2, 0) is 35.4 Å². The summed E-state index contributed by atoms with van der Waals surface area (Å²) >= 11 is 0. The Bertz CT molecular complexity index is 1040. The highest BCUT2D eigenvalue weighted by atomic mass is 33.1. The molecule has 12 heteroatoms. The van der Waals surface area contributed by atoms with Crippen molar-refractivity contribution in [2.45, 2.75) is 69.3 Å². The Balaban J connectivity index is 1.41. The van der Waals surface area contributed by atoms with Crippen LogP contribution in [0.3, 0.4) is 0 Å². The zero-order chi connectivity index (χ0) is 29.2. The molecule has 3 N–H and O–H groups in total. The number of hydrogen-bond donors (Lipinski definition) is 3. The van der Waals surface area contributed by atoms with Crippen LogP contribution in [0.2, 0.25) is 0 Å². The molecular weight excluding hydrogens is 554 g/mol. The minimum Gasteiger partial charge on any atom is -0.392 e. The van der Waals surface area contributed by atoms with Gasteiger partial charge in [-0.15, -0.1) is 0 Å². The maximum absolute atomic E-state index is 12.0. The van der Waals surface area contributed by atoms with Gasteiger partial charge in [0.05, 0.1) is 19.7 Å². The fourth-order valence-corrected chi connectivity index (χ4v) is 5.76. The molecule has 0 bridgehead atoms. The van der Waals surface area contributed by atoms with E-state index >= 15 is 0 Å². The summed E-state index contributed by atoms with van der Waals surface area (Å²) in [6.07, 6.45) is 6.47. The van der Waals surface area contributed by atoms with Gasteiger partial charge in [0, 0.05) is 55.0 Å². The highest BCUT2D eigenvalue weighted by Crippen LogP contribution is 2.31. The smallest absolute Gasteiger partial charge is 0.253 e. The van der Waals surface area contributed by atoms with Crippen LogP contribution in [-0.4, -0.2) is 70.6 Å². The summed E-state index contributed by atoms with van der Waals surface area (Å²) in [4.78, 5) is 73.0. The number of Topliss-reactive ketones (excluding diaryl/α,β-unsaturated/α-hetero) is 2. The van der Waals surface area contributed by atoms with Crippen molar-refractivity contribution in [3.63, 3.8) is 0 Å². The van der Waals surface area contributed by atoms with Crippen LogP contribution < -0.4 is 10.6 Å². The first-order chi connectivity index (χ1) is 19.3. The van der Waals surface area contributed by atoms with Crippen molar-refractivity contribution < 1.29 is 33.9 Å². The minimum atomic E-state index is -0.377. The molecular formula is C28H37N3O7S2. The van der Waals surface area contributed by atoms with E-state index in [4.69, 9.17) is 5.11 Å². The first-order valence-corrected chi connectivity index (χ1v) is 15.7. The number of unbranched alkanes of at least 4 members (excludes halogenated alkanes) is 3. The quantitative estimate of drug-likeness (QED) is 0.111. The van der Waals surface area contributed by atoms with E-state index in [1.165, 1.54) is 12.2 Å². The summed E-state index contributed by atoms with van der Waals surface area (Å²) in [6.45, 7) is 0.139. The number of ketones is 2. The van der Waals surface area contributed by atoms with E-state index in [1.54, 1.807) is 21.6 Å². The molecule has 1 aromatic carbocycles. The first kappa shape index (κ1) is 33.2. The molecule has 0 spiro atoms. The molecule has 0 aromatic heterocycles. The number of rotatable bonds is 21. The van der Waals surface area contributed by atoms with Crippen LogP contribution in [0.4, 0.5) is 0 Å². The lowest BCUT2D eigenvalue weighted by Gasteiger charge is -2.13. The van der Waals surface area contributed by atoms with Gasteiger partial charge in [0.25, 0.3) is 11.8 Å². The Morgan fingerprint density at radius 3 is 1.98 bits per heavy atom. The van der Waals surface area contributed by atoms with E-state index in [0.29, 0.717) is 32.2 Å². The van der Waals surface area contributed by atoms with Gasteiger partial charge in [-0.05, 0) is 43.4 Å². The number of benzene rings is 1. The zero-order valence-corrected chi connectivity index (χ0v) is 24.2.